The number of nitrogen functional groups attached to an aromatic ring is 1. The minimum Gasteiger partial charge on any atom is -0.382 e. The molecule has 0 spiro atoms. The average Bonchev–Trinajstić information content (AvgIpc) is 2.92. The van der Waals surface area contributed by atoms with Crippen molar-refractivity contribution in [3.8, 4) is 22.5 Å². The van der Waals surface area contributed by atoms with Gasteiger partial charge in [0.05, 0.1) is 28.6 Å². The monoisotopic (exact) mass is 460 g/mol. The lowest BCUT2D eigenvalue weighted by Gasteiger charge is -2.25. The van der Waals surface area contributed by atoms with Crippen LogP contribution in [0.4, 0.5) is 5.82 Å². The zero-order valence-corrected chi connectivity index (χ0v) is 19.5. The third-order valence-corrected chi connectivity index (χ3v) is 6.07. The molecule has 7 nitrogen and oxygen atoms in total. The summed E-state index contributed by atoms with van der Waals surface area (Å²) in [5, 5.41) is 0.969. The number of benzene rings is 2. The highest BCUT2D eigenvalue weighted by Crippen LogP contribution is 2.33. The van der Waals surface area contributed by atoms with Crippen molar-refractivity contribution < 1.29 is 4.79 Å². The molecule has 1 amide bonds. The number of aromatic nitrogens is 4. The van der Waals surface area contributed by atoms with Crippen LogP contribution in [0.25, 0.3) is 33.4 Å². The van der Waals surface area contributed by atoms with E-state index in [0.29, 0.717) is 11.4 Å². The summed E-state index contributed by atoms with van der Waals surface area (Å²) in [6, 6.07) is 24.8. The van der Waals surface area contributed by atoms with Crippen molar-refractivity contribution in [2.75, 3.05) is 12.8 Å². The van der Waals surface area contributed by atoms with Gasteiger partial charge in [-0.05, 0) is 37.3 Å². The van der Waals surface area contributed by atoms with Crippen molar-refractivity contribution in [3.05, 3.63) is 103 Å². The van der Waals surface area contributed by atoms with Crippen molar-refractivity contribution in [2.45, 2.75) is 13.0 Å². The van der Waals surface area contributed by atoms with E-state index in [-0.39, 0.29) is 23.5 Å². The van der Waals surface area contributed by atoms with Crippen LogP contribution in [-0.4, -0.2) is 37.8 Å². The highest BCUT2D eigenvalue weighted by Gasteiger charge is 2.26. The van der Waals surface area contributed by atoms with Crippen molar-refractivity contribution in [1.82, 2.24) is 24.8 Å². The average molecular weight is 461 g/mol. The number of nitrogens with two attached hydrogens (primary N) is 1. The molecule has 0 saturated carbocycles. The van der Waals surface area contributed by atoms with E-state index in [2.05, 4.69) is 15.0 Å². The maximum absolute atomic E-state index is 13.5. The van der Waals surface area contributed by atoms with Gasteiger partial charge >= 0.3 is 0 Å². The number of pyridine rings is 2. The highest BCUT2D eigenvalue weighted by atomic mass is 16.2. The summed E-state index contributed by atoms with van der Waals surface area (Å²) < 4.78 is 0. The van der Waals surface area contributed by atoms with Crippen LogP contribution < -0.4 is 5.73 Å². The van der Waals surface area contributed by atoms with E-state index >= 15 is 0 Å². The fraction of sp³-hybridized carbons (Fsp3) is 0.107. The topological polar surface area (TPSA) is 97.9 Å². The van der Waals surface area contributed by atoms with Gasteiger partial charge < -0.3 is 10.6 Å². The number of amides is 1. The summed E-state index contributed by atoms with van der Waals surface area (Å²) in [4.78, 5) is 33.4. The SMILES string of the molecule is C[C@@H](c1ccccn1)N(C)C(=O)c1nc(-c2ccc3ncccc3c2)c(-c2ccccc2)nc1N. The van der Waals surface area contributed by atoms with Gasteiger partial charge in [-0.1, -0.05) is 48.5 Å². The number of hydrogen-bond acceptors (Lipinski definition) is 6. The Balaban J connectivity index is 1.63. The lowest BCUT2D eigenvalue weighted by molar-refractivity contribution is 0.0735. The number of carbonyl (C=O) groups is 1. The Morgan fingerprint density at radius 1 is 0.829 bits per heavy atom. The standard InChI is InChI=1S/C28H24N6O/c1-18(22-12-6-7-15-30-22)34(2)28(35)26-27(29)33-24(19-9-4-3-5-10-19)25(32-26)21-13-14-23-20(17-21)11-8-16-31-23/h3-18H,1-2H3,(H2,29,33)/t18-/m0/s1. The van der Waals surface area contributed by atoms with E-state index in [1.807, 2.05) is 85.8 Å². The molecule has 0 fully saturated rings. The zero-order chi connectivity index (χ0) is 24.4. The van der Waals surface area contributed by atoms with Crippen molar-refractivity contribution in [3.63, 3.8) is 0 Å². The van der Waals surface area contributed by atoms with Gasteiger partial charge in [0.15, 0.2) is 11.5 Å². The van der Waals surface area contributed by atoms with Gasteiger partial charge in [0.1, 0.15) is 0 Å². The van der Waals surface area contributed by atoms with Crippen molar-refractivity contribution in [1.29, 1.82) is 0 Å². The first kappa shape index (κ1) is 22.2. The summed E-state index contributed by atoms with van der Waals surface area (Å²) in [5.41, 5.74) is 11.0. The normalized spacial score (nSPS) is 11.8. The van der Waals surface area contributed by atoms with Crippen LogP contribution >= 0.6 is 0 Å². The second kappa shape index (κ2) is 9.30. The predicted octanol–water partition coefficient (Wildman–Crippen LogP) is 5.17. The van der Waals surface area contributed by atoms with Crippen LogP contribution in [0.1, 0.15) is 29.1 Å². The Bertz CT molecular complexity index is 1500. The second-order valence-electron chi connectivity index (χ2n) is 8.28. The van der Waals surface area contributed by atoms with E-state index < -0.39 is 0 Å². The van der Waals surface area contributed by atoms with Gasteiger partial charge in [-0.25, -0.2) is 9.97 Å². The molecule has 0 radical (unpaired) electrons. The first-order valence-corrected chi connectivity index (χ1v) is 11.3. The third-order valence-electron chi connectivity index (χ3n) is 6.07. The Labute approximate surface area is 203 Å². The van der Waals surface area contributed by atoms with Crippen LogP contribution in [0, 0.1) is 0 Å². The molecule has 3 heterocycles. The molecule has 0 aliphatic carbocycles. The molecule has 0 aliphatic rings. The third kappa shape index (κ3) is 4.31. The number of nitrogens with zero attached hydrogens (tertiary/aromatic N) is 5. The maximum atomic E-state index is 13.5. The summed E-state index contributed by atoms with van der Waals surface area (Å²) in [7, 11) is 1.72. The zero-order valence-electron chi connectivity index (χ0n) is 19.5. The molecule has 172 valence electrons. The molecule has 2 N–H and O–H groups in total. The van der Waals surface area contributed by atoms with E-state index in [9.17, 15) is 4.79 Å². The fourth-order valence-electron chi connectivity index (χ4n) is 3.99. The molecule has 35 heavy (non-hydrogen) atoms. The molecular formula is C28H24N6O. The summed E-state index contributed by atoms with van der Waals surface area (Å²) in [5.74, 6) is -0.239. The van der Waals surface area contributed by atoms with Crippen LogP contribution in [0.5, 0.6) is 0 Å². The highest BCUT2D eigenvalue weighted by molar-refractivity contribution is 5.98. The minimum absolute atomic E-state index is 0.0835. The number of hydrogen-bond donors (Lipinski definition) is 1. The van der Waals surface area contributed by atoms with Gasteiger partial charge in [0, 0.05) is 36.0 Å². The largest absolute Gasteiger partial charge is 0.382 e. The molecule has 0 unspecified atom stereocenters. The van der Waals surface area contributed by atoms with Crippen molar-refractivity contribution >= 4 is 22.6 Å². The molecule has 3 aromatic heterocycles. The van der Waals surface area contributed by atoms with Gasteiger partial charge in [-0.2, -0.15) is 0 Å². The van der Waals surface area contributed by atoms with Crippen LogP contribution in [0.3, 0.4) is 0 Å². The summed E-state index contributed by atoms with van der Waals surface area (Å²) in [6.45, 7) is 1.92. The molecule has 1 atom stereocenters. The van der Waals surface area contributed by atoms with Crippen molar-refractivity contribution in [2.24, 2.45) is 0 Å². The van der Waals surface area contributed by atoms with Gasteiger partial charge in [0.25, 0.3) is 5.91 Å². The van der Waals surface area contributed by atoms with Gasteiger partial charge in [0.2, 0.25) is 0 Å². The Morgan fingerprint density at radius 3 is 2.34 bits per heavy atom. The van der Waals surface area contributed by atoms with Crippen LogP contribution in [-0.2, 0) is 0 Å². The molecule has 5 rings (SSSR count). The smallest absolute Gasteiger partial charge is 0.276 e. The number of fused-ring (bicyclic) bond motifs is 1. The Hall–Kier alpha value is -4.65. The number of carbonyl (C=O) groups excluding carboxylic acids is 1. The Morgan fingerprint density at radius 2 is 1.57 bits per heavy atom. The van der Waals surface area contributed by atoms with E-state index in [0.717, 1.165) is 27.7 Å². The first-order valence-electron chi connectivity index (χ1n) is 11.3. The van der Waals surface area contributed by atoms with Crippen LogP contribution in [0.15, 0.2) is 91.3 Å². The molecular weight excluding hydrogens is 436 g/mol. The first-order chi connectivity index (χ1) is 17.0. The molecule has 2 aromatic carbocycles. The number of anilines is 1. The van der Waals surface area contributed by atoms with E-state index in [4.69, 9.17) is 10.7 Å². The molecule has 7 heteroatoms. The lowest BCUT2D eigenvalue weighted by Crippen LogP contribution is -2.31. The molecule has 0 bridgehead atoms. The van der Waals surface area contributed by atoms with E-state index in [1.54, 1.807) is 24.3 Å². The second-order valence-corrected chi connectivity index (χ2v) is 8.28. The summed E-state index contributed by atoms with van der Waals surface area (Å²) >= 11 is 0. The Kier molecular flexibility index (Phi) is 5.89. The fourth-order valence-corrected chi connectivity index (χ4v) is 3.99. The lowest BCUT2D eigenvalue weighted by atomic mass is 10.0. The van der Waals surface area contributed by atoms with Crippen LogP contribution in [0.2, 0.25) is 0 Å². The number of rotatable bonds is 5. The van der Waals surface area contributed by atoms with E-state index in [1.165, 1.54) is 0 Å². The van der Waals surface area contributed by atoms with Gasteiger partial charge in [-0.15, -0.1) is 0 Å². The molecule has 0 saturated heterocycles. The summed E-state index contributed by atoms with van der Waals surface area (Å²) in [6.07, 6.45) is 3.47. The maximum Gasteiger partial charge on any atom is 0.276 e. The molecule has 0 aliphatic heterocycles. The molecule has 5 aromatic rings. The predicted molar refractivity (Wildman–Crippen MR) is 137 cm³/mol. The minimum atomic E-state index is -0.323. The quantitative estimate of drug-likeness (QED) is 0.389. The van der Waals surface area contributed by atoms with Gasteiger partial charge in [-0.3, -0.25) is 14.8 Å².